The molecule has 0 spiro atoms. The average molecular weight is 363 g/mol. The van der Waals surface area contributed by atoms with Gasteiger partial charge in [0.2, 0.25) is 5.82 Å². The number of rotatable bonds is 8. The number of ether oxygens (including phenoxy) is 1. The van der Waals surface area contributed by atoms with Crippen molar-refractivity contribution in [1.29, 1.82) is 0 Å². The van der Waals surface area contributed by atoms with E-state index >= 15 is 0 Å². The lowest BCUT2D eigenvalue weighted by atomic mass is 10.1. The van der Waals surface area contributed by atoms with Crippen molar-refractivity contribution in [3.05, 3.63) is 35.9 Å². The molecule has 0 bridgehead atoms. The van der Waals surface area contributed by atoms with Crippen molar-refractivity contribution in [3.63, 3.8) is 0 Å². The molecule has 1 aromatic heterocycles. The summed E-state index contributed by atoms with van der Waals surface area (Å²) in [7, 11) is 1.69. The number of methoxy groups -OCH3 is 1. The molecular weight excluding hydrogens is 335 g/mol. The summed E-state index contributed by atoms with van der Waals surface area (Å²) in [5, 5.41) is 12.4. The summed E-state index contributed by atoms with van der Waals surface area (Å²) in [6.07, 6.45) is 2.15. The van der Waals surface area contributed by atoms with Crippen LogP contribution in [0, 0.1) is 5.82 Å². The van der Waals surface area contributed by atoms with E-state index in [9.17, 15) is 4.39 Å². The van der Waals surface area contributed by atoms with Gasteiger partial charge < -0.3 is 14.5 Å². The molecule has 3 rings (SSSR count). The first kappa shape index (κ1) is 18.7. The number of benzene rings is 1. The average Bonchev–Trinajstić information content (AvgIpc) is 3.13. The molecule has 0 amide bonds. The molecule has 1 aromatic carbocycles. The molecular formula is C18H28FN6O+. The fraction of sp³-hybridized carbons (Fsp3) is 0.611. The highest BCUT2D eigenvalue weighted by Gasteiger charge is 2.32. The molecule has 0 saturated carbocycles. The Morgan fingerprint density at radius 1 is 1.23 bits per heavy atom. The molecule has 1 saturated heterocycles. The van der Waals surface area contributed by atoms with Crippen molar-refractivity contribution in [3.8, 4) is 0 Å². The van der Waals surface area contributed by atoms with E-state index in [-0.39, 0.29) is 5.82 Å². The molecule has 0 radical (unpaired) electrons. The third-order valence-corrected chi connectivity index (χ3v) is 5.05. The Labute approximate surface area is 153 Å². The molecule has 142 valence electrons. The van der Waals surface area contributed by atoms with E-state index in [4.69, 9.17) is 4.74 Å². The van der Waals surface area contributed by atoms with E-state index in [0.717, 1.165) is 50.5 Å². The van der Waals surface area contributed by atoms with Crippen LogP contribution >= 0.6 is 0 Å². The van der Waals surface area contributed by atoms with Gasteiger partial charge in [-0.15, -0.1) is 5.10 Å². The van der Waals surface area contributed by atoms with Gasteiger partial charge in [0.15, 0.2) is 0 Å². The molecule has 1 aliphatic heterocycles. The highest BCUT2D eigenvalue weighted by molar-refractivity contribution is 5.46. The number of tetrazole rings is 1. The smallest absolute Gasteiger partial charge is 0.209 e. The predicted molar refractivity (Wildman–Crippen MR) is 96.7 cm³/mol. The van der Waals surface area contributed by atoms with Crippen molar-refractivity contribution in [2.24, 2.45) is 0 Å². The lowest BCUT2D eigenvalue weighted by Crippen LogP contribution is -3.15. The minimum absolute atomic E-state index is 0.191. The summed E-state index contributed by atoms with van der Waals surface area (Å²) >= 11 is 0. The molecule has 26 heavy (non-hydrogen) atoms. The van der Waals surface area contributed by atoms with Crippen LogP contribution in [0.25, 0.3) is 0 Å². The first-order chi connectivity index (χ1) is 12.7. The topological polar surface area (TPSA) is 60.5 Å². The van der Waals surface area contributed by atoms with Crippen LogP contribution in [0.5, 0.6) is 0 Å². The van der Waals surface area contributed by atoms with Gasteiger partial charge >= 0.3 is 0 Å². The van der Waals surface area contributed by atoms with Crippen LogP contribution in [-0.2, 0) is 11.3 Å². The van der Waals surface area contributed by atoms with E-state index in [1.807, 2.05) is 16.8 Å². The fourth-order valence-corrected chi connectivity index (χ4v) is 3.66. The Hall–Kier alpha value is -2.06. The fourth-order valence-electron chi connectivity index (χ4n) is 3.66. The van der Waals surface area contributed by atoms with Crippen molar-refractivity contribution >= 4 is 5.69 Å². The summed E-state index contributed by atoms with van der Waals surface area (Å²) in [5.74, 6) is 0.762. The second-order valence-corrected chi connectivity index (χ2v) is 6.72. The summed E-state index contributed by atoms with van der Waals surface area (Å²) in [5.41, 5.74) is 1.09. The Morgan fingerprint density at radius 2 is 1.96 bits per heavy atom. The van der Waals surface area contributed by atoms with Gasteiger partial charge in [-0.1, -0.05) is 13.3 Å². The van der Waals surface area contributed by atoms with Gasteiger partial charge in [-0.25, -0.2) is 9.07 Å². The van der Waals surface area contributed by atoms with Gasteiger partial charge in [-0.05, 0) is 34.7 Å². The van der Waals surface area contributed by atoms with Crippen LogP contribution in [0.3, 0.4) is 0 Å². The van der Waals surface area contributed by atoms with Crippen molar-refractivity contribution in [1.82, 2.24) is 20.2 Å². The van der Waals surface area contributed by atoms with Gasteiger partial charge in [0.05, 0.1) is 39.3 Å². The van der Waals surface area contributed by atoms with Gasteiger partial charge in [0, 0.05) is 19.2 Å². The summed E-state index contributed by atoms with van der Waals surface area (Å²) in [6, 6.07) is 7.06. The van der Waals surface area contributed by atoms with E-state index in [2.05, 4.69) is 27.3 Å². The summed E-state index contributed by atoms with van der Waals surface area (Å²) in [4.78, 5) is 3.83. The van der Waals surface area contributed by atoms with Crippen molar-refractivity contribution in [2.75, 3.05) is 44.8 Å². The number of hydrogen-bond donors (Lipinski definition) is 1. The number of hydrogen-bond acceptors (Lipinski definition) is 5. The molecule has 2 heterocycles. The molecule has 1 aliphatic rings. The number of piperazine rings is 1. The van der Waals surface area contributed by atoms with Gasteiger partial charge in [0.1, 0.15) is 11.9 Å². The zero-order chi connectivity index (χ0) is 18.4. The van der Waals surface area contributed by atoms with E-state index in [1.165, 1.54) is 17.0 Å². The van der Waals surface area contributed by atoms with Crippen LogP contribution in [0.15, 0.2) is 24.3 Å². The highest BCUT2D eigenvalue weighted by Crippen LogP contribution is 2.16. The third kappa shape index (κ3) is 4.37. The highest BCUT2D eigenvalue weighted by atomic mass is 19.1. The number of anilines is 1. The zero-order valence-corrected chi connectivity index (χ0v) is 15.6. The van der Waals surface area contributed by atoms with Gasteiger partial charge in [-0.2, -0.15) is 0 Å². The monoisotopic (exact) mass is 363 g/mol. The molecule has 8 heteroatoms. The van der Waals surface area contributed by atoms with Crippen LogP contribution in [-0.4, -0.2) is 60.1 Å². The maximum Gasteiger partial charge on any atom is 0.209 e. The molecule has 0 aliphatic carbocycles. The number of aromatic nitrogens is 4. The number of nitrogens with zero attached hydrogens (tertiary/aromatic N) is 5. The summed E-state index contributed by atoms with van der Waals surface area (Å²) in [6.45, 7) is 7.39. The van der Waals surface area contributed by atoms with E-state index < -0.39 is 0 Å². The quantitative estimate of drug-likeness (QED) is 0.748. The molecule has 2 aromatic rings. The Morgan fingerprint density at radius 3 is 2.62 bits per heavy atom. The molecule has 1 atom stereocenters. The maximum absolute atomic E-state index is 13.1. The van der Waals surface area contributed by atoms with Gasteiger partial charge in [0.25, 0.3) is 0 Å². The van der Waals surface area contributed by atoms with Gasteiger partial charge in [-0.3, -0.25) is 0 Å². The minimum atomic E-state index is -0.191. The Balaban J connectivity index is 1.67. The van der Waals surface area contributed by atoms with Crippen molar-refractivity contribution in [2.45, 2.75) is 32.4 Å². The van der Waals surface area contributed by atoms with Crippen LogP contribution in [0.2, 0.25) is 0 Å². The number of quaternary nitrogens is 1. The Bertz CT molecular complexity index is 669. The maximum atomic E-state index is 13.1. The largest absolute Gasteiger partial charge is 0.383 e. The first-order valence-electron chi connectivity index (χ1n) is 9.33. The van der Waals surface area contributed by atoms with E-state index in [1.54, 1.807) is 7.11 Å². The lowest BCUT2D eigenvalue weighted by Gasteiger charge is -2.37. The molecule has 1 fully saturated rings. The first-order valence-corrected chi connectivity index (χ1v) is 9.33. The molecule has 1 N–H and O–H groups in total. The second-order valence-electron chi connectivity index (χ2n) is 6.72. The van der Waals surface area contributed by atoms with Crippen LogP contribution < -0.4 is 9.80 Å². The molecule has 7 nitrogen and oxygen atoms in total. The normalized spacial score (nSPS) is 16.8. The van der Waals surface area contributed by atoms with Crippen molar-refractivity contribution < 1.29 is 14.0 Å². The van der Waals surface area contributed by atoms with E-state index in [0.29, 0.717) is 19.2 Å². The zero-order valence-electron chi connectivity index (χ0n) is 15.6. The Kier molecular flexibility index (Phi) is 6.51. The summed E-state index contributed by atoms with van der Waals surface area (Å²) < 4.78 is 20.2. The van der Waals surface area contributed by atoms with Crippen LogP contribution in [0.1, 0.15) is 31.6 Å². The minimum Gasteiger partial charge on any atom is -0.383 e. The third-order valence-electron chi connectivity index (χ3n) is 5.05. The lowest BCUT2D eigenvalue weighted by molar-refractivity contribution is -0.933. The van der Waals surface area contributed by atoms with Crippen LogP contribution in [0.4, 0.5) is 10.1 Å². The predicted octanol–water partition coefficient (Wildman–Crippen LogP) is 0.705. The number of nitrogens with one attached hydrogen (secondary N) is 1. The molecule has 0 unspecified atom stereocenters. The standard InChI is InChI=1S/C18H27FN6O/c1-3-4-17(18-20-21-22-25(18)13-14-26-2)24-11-9-23(10-12-24)16-7-5-15(19)6-8-16/h5-8,17H,3-4,9-14H2,1-2H3/p+1/t17-/m1/s1. The number of halogens is 1. The SMILES string of the molecule is CCC[C@H](c1nnnn1CCOC)[NH+]1CCN(c2ccc(F)cc2)CC1. The second kappa shape index (κ2) is 9.05.